The topological polar surface area (TPSA) is 113 Å². The standard InChI is InChI=1S/C32H33ClN4O6/c1-34-31(38)17-5-8-21(11-17)37-25-12-18(32(39)36-24-16-43-26-10-7-20(33)15-22(24)26)6-9-23(25)35-30(37)19-13-27(40-2)29(42-4)28(14-19)41-3/h6-7,9-10,12-15,17,21,24H,5,8,11,16H2,1-4H3,(H,34,38)(H,36,39)/t17-,21-,24?/m1/s1. The zero-order chi connectivity index (χ0) is 30.2. The van der Waals surface area contributed by atoms with Crippen molar-refractivity contribution in [1.82, 2.24) is 20.2 Å². The molecule has 1 aromatic heterocycles. The average Bonchev–Trinajstić information content (AvgIpc) is 3.76. The molecule has 6 rings (SSSR count). The van der Waals surface area contributed by atoms with Crippen LogP contribution in [-0.2, 0) is 4.79 Å². The number of rotatable bonds is 8. The quantitative estimate of drug-likeness (QED) is 0.279. The van der Waals surface area contributed by atoms with Gasteiger partial charge in [-0.05, 0) is 67.8 Å². The minimum Gasteiger partial charge on any atom is -0.493 e. The van der Waals surface area contributed by atoms with Crippen molar-refractivity contribution in [1.29, 1.82) is 0 Å². The fourth-order valence-corrected chi connectivity index (χ4v) is 6.38. The van der Waals surface area contributed by atoms with Crippen molar-refractivity contribution in [2.45, 2.75) is 31.3 Å². The molecule has 2 aliphatic rings. The van der Waals surface area contributed by atoms with Crippen molar-refractivity contribution in [3.8, 4) is 34.4 Å². The average molecular weight is 605 g/mol. The third-order valence-corrected chi connectivity index (χ3v) is 8.56. The predicted molar refractivity (Wildman–Crippen MR) is 162 cm³/mol. The number of nitrogens with zero attached hydrogens (tertiary/aromatic N) is 2. The molecule has 2 N–H and O–H groups in total. The van der Waals surface area contributed by atoms with E-state index in [-0.39, 0.29) is 29.8 Å². The van der Waals surface area contributed by atoms with E-state index >= 15 is 0 Å². The maximum absolute atomic E-state index is 13.5. The predicted octanol–water partition coefficient (Wildman–Crippen LogP) is 5.33. The number of ether oxygens (including phenoxy) is 4. The van der Waals surface area contributed by atoms with Crippen LogP contribution in [0.4, 0.5) is 0 Å². The van der Waals surface area contributed by atoms with Crippen molar-refractivity contribution in [3.63, 3.8) is 0 Å². The second-order valence-corrected chi connectivity index (χ2v) is 11.2. The third kappa shape index (κ3) is 5.20. The molecule has 3 atom stereocenters. The number of halogens is 1. The summed E-state index contributed by atoms with van der Waals surface area (Å²) >= 11 is 6.21. The number of hydrogen-bond donors (Lipinski definition) is 2. The van der Waals surface area contributed by atoms with Gasteiger partial charge in [-0.15, -0.1) is 0 Å². The summed E-state index contributed by atoms with van der Waals surface area (Å²) in [5.41, 5.74) is 3.62. The molecule has 3 aromatic carbocycles. The Labute approximate surface area is 254 Å². The smallest absolute Gasteiger partial charge is 0.251 e. The molecule has 2 heterocycles. The molecule has 1 aliphatic carbocycles. The highest BCUT2D eigenvalue weighted by Gasteiger charge is 2.34. The SMILES string of the molecule is CNC(=O)[C@@H]1CC[C@@H](n2c(-c3cc(OC)c(OC)c(OC)c3)nc3ccc(C(=O)NC4COc5ccc(Cl)cc54)cc32)C1. The molecule has 1 aliphatic heterocycles. The van der Waals surface area contributed by atoms with Gasteiger partial charge in [0.2, 0.25) is 11.7 Å². The van der Waals surface area contributed by atoms with E-state index in [4.69, 9.17) is 35.5 Å². The van der Waals surface area contributed by atoms with Gasteiger partial charge in [-0.3, -0.25) is 9.59 Å². The van der Waals surface area contributed by atoms with Crippen LogP contribution >= 0.6 is 11.6 Å². The lowest BCUT2D eigenvalue weighted by atomic mass is 10.1. The van der Waals surface area contributed by atoms with Crippen molar-refractivity contribution >= 4 is 34.4 Å². The molecule has 0 bridgehead atoms. The number of aromatic nitrogens is 2. The largest absolute Gasteiger partial charge is 0.493 e. The Kier molecular flexibility index (Phi) is 7.79. The van der Waals surface area contributed by atoms with Gasteiger partial charge in [0.15, 0.2) is 11.5 Å². The van der Waals surface area contributed by atoms with E-state index in [0.29, 0.717) is 52.4 Å². The Morgan fingerprint density at radius 2 is 1.77 bits per heavy atom. The van der Waals surface area contributed by atoms with Crippen molar-refractivity contribution < 1.29 is 28.5 Å². The molecule has 2 amide bonds. The molecular formula is C32H33ClN4O6. The molecule has 4 aromatic rings. The van der Waals surface area contributed by atoms with Gasteiger partial charge in [-0.25, -0.2) is 4.98 Å². The lowest BCUT2D eigenvalue weighted by molar-refractivity contribution is -0.124. The summed E-state index contributed by atoms with van der Waals surface area (Å²) in [6.07, 6.45) is 2.19. The zero-order valence-electron chi connectivity index (χ0n) is 24.4. The van der Waals surface area contributed by atoms with Crippen molar-refractivity contribution in [2.75, 3.05) is 35.0 Å². The first-order valence-corrected chi connectivity index (χ1v) is 14.5. The van der Waals surface area contributed by atoms with E-state index in [9.17, 15) is 9.59 Å². The highest BCUT2D eigenvalue weighted by molar-refractivity contribution is 6.30. The van der Waals surface area contributed by atoms with Crippen molar-refractivity contribution in [2.24, 2.45) is 5.92 Å². The van der Waals surface area contributed by atoms with Gasteiger partial charge in [0, 0.05) is 40.7 Å². The first-order chi connectivity index (χ1) is 20.8. The van der Waals surface area contributed by atoms with E-state index in [2.05, 4.69) is 15.2 Å². The van der Waals surface area contributed by atoms with Gasteiger partial charge < -0.3 is 34.1 Å². The number of carbonyl (C=O) groups excluding carboxylic acids is 2. The number of imidazole rings is 1. The zero-order valence-corrected chi connectivity index (χ0v) is 25.2. The molecule has 1 fully saturated rings. The second kappa shape index (κ2) is 11.7. The third-order valence-electron chi connectivity index (χ3n) is 8.32. The first kappa shape index (κ1) is 28.7. The van der Waals surface area contributed by atoms with Gasteiger partial charge in [-0.1, -0.05) is 11.6 Å². The fourth-order valence-electron chi connectivity index (χ4n) is 6.20. The van der Waals surface area contributed by atoms with Crippen LogP contribution in [0.15, 0.2) is 48.5 Å². The minimum absolute atomic E-state index is 0.0167. The van der Waals surface area contributed by atoms with Gasteiger partial charge >= 0.3 is 0 Å². The molecule has 10 nitrogen and oxygen atoms in total. The Bertz CT molecular complexity index is 1690. The second-order valence-electron chi connectivity index (χ2n) is 10.7. The molecule has 1 saturated carbocycles. The summed E-state index contributed by atoms with van der Waals surface area (Å²) in [6, 6.07) is 14.3. The number of hydrogen-bond acceptors (Lipinski definition) is 7. The van der Waals surface area contributed by atoms with Crippen LogP contribution in [0, 0.1) is 5.92 Å². The maximum atomic E-state index is 13.5. The van der Waals surface area contributed by atoms with Gasteiger partial charge in [0.1, 0.15) is 18.2 Å². The normalized spacial score (nSPS) is 19.0. The van der Waals surface area contributed by atoms with E-state index in [1.165, 1.54) is 0 Å². The Morgan fingerprint density at radius 3 is 2.47 bits per heavy atom. The number of nitrogens with one attached hydrogen (secondary N) is 2. The first-order valence-electron chi connectivity index (χ1n) is 14.1. The van der Waals surface area contributed by atoms with E-state index < -0.39 is 0 Å². The molecule has 11 heteroatoms. The summed E-state index contributed by atoms with van der Waals surface area (Å²) in [7, 11) is 6.36. The van der Waals surface area contributed by atoms with E-state index in [1.54, 1.807) is 40.5 Å². The minimum atomic E-state index is -0.320. The van der Waals surface area contributed by atoms with Crippen LogP contribution in [0.2, 0.25) is 5.02 Å². The van der Waals surface area contributed by atoms with Gasteiger partial charge in [0.05, 0.1) is 38.4 Å². The number of amides is 2. The van der Waals surface area contributed by atoms with Gasteiger partial charge in [-0.2, -0.15) is 0 Å². The number of benzene rings is 3. The van der Waals surface area contributed by atoms with Crippen LogP contribution in [0.5, 0.6) is 23.0 Å². The number of fused-ring (bicyclic) bond motifs is 2. The van der Waals surface area contributed by atoms with E-state index in [0.717, 1.165) is 35.0 Å². The van der Waals surface area contributed by atoms with Crippen LogP contribution in [0.1, 0.15) is 47.3 Å². The Hall–Kier alpha value is -4.44. The lowest BCUT2D eigenvalue weighted by Crippen LogP contribution is -2.29. The molecule has 1 unspecified atom stereocenters. The molecule has 0 radical (unpaired) electrons. The van der Waals surface area contributed by atoms with E-state index in [1.807, 2.05) is 36.4 Å². The molecule has 43 heavy (non-hydrogen) atoms. The van der Waals surface area contributed by atoms with Crippen LogP contribution in [-0.4, -0.2) is 56.3 Å². The van der Waals surface area contributed by atoms with Crippen molar-refractivity contribution in [3.05, 3.63) is 64.7 Å². The van der Waals surface area contributed by atoms with Crippen LogP contribution in [0.3, 0.4) is 0 Å². The van der Waals surface area contributed by atoms with Crippen LogP contribution in [0.25, 0.3) is 22.4 Å². The molecular weight excluding hydrogens is 572 g/mol. The van der Waals surface area contributed by atoms with Crippen LogP contribution < -0.4 is 29.6 Å². The summed E-state index contributed by atoms with van der Waals surface area (Å²) in [6.45, 7) is 0.329. The monoisotopic (exact) mass is 604 g/mol. The Morgan fingerprint density at radius 1 is 1.00 bits per heavy atom. The lowest BCUT2D eigenvalue weighted by Gasteiger charge is -2.19. The summed E-state index contributed by atoms with van der Waals surface area (Å²) in [5, 5.41) is 6.46. The fraction of sp³-hybridized carbons (Fsp3) is 0.344. The summed E-state index contributed by atoms with van der Waals surface area (Å²) in [4.78, 5) is 31.1. The van der Waals surface area contributed by atoms with Gasteiger partial charge in [0.25, 0.3) is 5.91 Å². The summed E-state index contributed by atoms with van der Waals surface area (Å²) < 4.78 is 24.7. The Balaban J connectivity index is 1.42. The summed E-state index contributed by atoms with van der Waals surface area (Å²) in [5.74, 6) is 2.57. The number of carbonyl (C=O) groups is 2. The highest BCUT2D eigenvalue weighted by atomic mass is 35.5. The molecule has 0 saturated heterocycles. The molecule has 224 valence electrons. The number of methoxy groups -OCH3 is 3. The molecule has 0 spiro atoms. The maximum Gasteiger partial charge on any atom is 0.251 e. The highest BCUT2D eigenvalue weighted by Crippen LogP contribution is 2.44.